The number of aryl methyl sites for hydroxylation is 1. The minimum absolute atomic E-state index is 0.252. The molecule has 1 aliphatic heterocycles. The van der Waals surface area contributed by atoms with E-state index in [9.17, 15) is 4.39 Å². The maximum Gasteiger partial charge on any atom is 0.174 e. The van der Waals surface area contributed by atoms with Crippen LogP contribution in [0.15, 0.2) is 112 Å². The lowest BCUT2D eigenvalue weighted by molar-refractivity contribution is 0.439. The van der Waals surface area contributed by atoms with E-state index >= 15 is 0 Å². The summed E-state index contributed by atoms with van der Waals surface area (Å²) >= 11 is 9.28. The molecule has 2 atom stereocenters. The van der Waals surface area contributed by atoms with Crippen LogP contribution < -0.4 is 15.0 Å². The van der Waals surface area contributed by atoms with E-state index in [0.29, 0.717) is 21.1 Å². The van der Waals surface area contributed by atoms with Gasteiger partial charge in [-0.15, -0.1) is 0 Å². The number of rotatable bonds is 6. The zero-order valence-electron chi connectivity index (χ0n) is 20.8. The molecular formula is C31H23BrFN3O2S. The molecule has 0 saturated carbocycles. The highest BCUT2D eigenvalue weighted by molar-refractivity contribution is 9.10. The molecule has 1 N–H and O–H groups in total. The molecule has 0 spiro atoms. The van der Waals surface area contributed by atoms with Gasteiger partial charge in [-0.05, 0) is 114 Å². The summed E-state index contributed by atoms with van der Waals surface area (Å²) in [4.78, 5) is 6.63. The van der Waals surface area contributed by atoms with Gasteiger partial charge in [0.25, 0.3) is 0 Å². The van der Waals surface area contributed by atoms with E-state index in [2.05, 4.69) is 26.2 Å². The third kappa shape index (κ3) is 5.17. The molecule has 6 rings (SSSR count). The van der Waals surface area contributed by atoms with Crippen molar-refractivity contribution in [3.05, 3.63) is 131 Å². The standard InChI is InChI=1S/C31H23BrFN3O2S/c1-19-5-10-22(11-6-19)37-23-12-8-21(9-13-23)36-30(29(35-31(36)39)26-4-2-3-17-34-26)28-16-15-27(38-28)24-14-7-20(33)18-25(24)32/h2-18,29-30H,1H3,(H,35,39)/t29-,30+/m1/s1. The second-order valence-corrected chi connectivity index (χ2v) is 10.5. The fourth-order valence-corrected chi connectivity index (χ4v) is 5.58. The van der Waals surface area contributed by atoms with E-state index < -0.39 is 0 Å². The molecule has 0 radical (unpaired) electrons. The van der Waals surface area contributed by atoms with Crippen molar-refractivity contribution >= 4 is 38.9 Å². The normalized spacial score (nSPS) is 16.8. The Hall–Kier alpha value is -4.01. The minimum Gasteiger partial charge on any atom is -0.459 e. The van der Waals surface area contributed by atoms with Gasteiger partial charge in [0.05, 0.1) is 11.7 Å². The third-order valence-corrected chi connectivity index (χ3v) is 7.56. The third-order valence-electron chi connectivity index (χ3n) is 6.58. The molecule has 3 aromatic carbocycles. The van der Waals surface area contributed by atoms with Crippen LogP contribution in [0, 0.1) is 12.7 Å². The van der Waals surface area contributed by atoms with E-state index in [4.69, 9.17) is 21.4 Å². The van der Waals surface area contributed by atoms with Crippen molar-refractivity contribution in [2.45, 2.75) is 19.0 Å². The number of nitrogens with one attached hydrogen (secondary N) is 1. The summed E-state index contributed by atoms with van der Waals surface area (Å²) in [5.74, 6) is 2.49. The van der Waals surface area contributed by atoms with Gasteiger partial charge in [0.2, 0.25) is 0 Å². The molecule has 1 saturated heterocycles. The SMILES string of the molecule is Cc1ccc(Oc2ccc(N3C(=S)N[C@H](c4ccccn4)[C@@H]3c3ccc(-c4ccc(F)cc4Br)o3)cc2)cc1. The number of thiocarbonyl (C=S) groups is 1. The van der Waals surface area contributed by atoms with E-state index in [0.717, 1.165) is 28.4 Å². The Morgan fingerprint density at radius 1 is 0.949 bits per heavy atom. The van der Waals surface area contributed by atoms with Gasteiger partial charge < -0.3 is 19.4 Å². The highest BCUT2D eigenvalue weighted by Gasteiger charge is 2.42. The van der Waals surface area contributed by atoms with Gasteiger partial charge >= 0.3 is 0 Å². The smallest absolute Gasteiger partial charge is 0.174 e. The topological polar surface area (TPSA) is 50.5 Å². The highest BCUT2D eigenvalue weighted by atomic mass is 79.9. The number of nitrogens with zero attached hydrogens (tertiary/aromatic N) is 2. The number of aromatic nitrogens is 1. The number of hydrogen-bond donors (Lipinski definition) is 1. The predicted octanol–water partition coefficient (Wildman–Crippen LogP) is 8.52. The molecule has 0 amide bonds. The molecule has 3 heterocycles. The molecule has 0 unspecified atom stereocenters. The van der Waals surface area contributed by atoms with Crippen LogP contribution in [0.5, 0.6) is 11.5 Å². The van der Waals surface area contributed by atoms with Crippen molar-refractivity contribution in [2.75, 3.05) is 4.90 Å². The fourth-order valence-electron chi connectivity index (χ4n) is 4.68. The number of pyridine rings is 1. The van der Waals surface area contributed by atoms with Crippen LogP contribution in [0.2, 0.25) is 0 Å². The van der Waals surface area contributed by atoms with E-state index in [-0.39, 0.29) is 17.9 Å². The van der Waals surface area contributed by atoms with Crippen molar-refractivity contribution < 1.29 is 13.5 Å². The first-order valence-electron chi connectivity index (χ1n) is 12.4. The van der Waals surface area contributed by atoms with Crippen LogP contribution in [-0.4, -0.2) is 10.1 Å². The molecule has 8 heteroatoms. The lowest BCUT2D eigenvalue weighted by Gasteiger charge is -2.26. The number of anilines is 1. The Morgan fingerprint density at radius 3 is 2.38 bits per heavy atom. The summed E-state index contributed by atoms with van der Waals surface area (Å²) < 4.78 is 26.7. The van der Waals surface area contributed by atoms with E-state index in [1.54, 1.807) is 12.3 Å². The van der Waals surface area contributed by atoms with Gasteiger partial charge in [-0.2, -0.15) is 0 Å². The number of halogens is 2. The Kier molecular flexibility index (Phi) is 6.89. The average molecular weight is 601 g/mol. The number of furan rings is 1. The first-order valence-corrected chi connectivity index (χ1v) is 13.6. The fraction of sp³-hybridized carbons (Fsp3) is 0.0968. The predicted molar refractivity (Wildman–Crippen MR) is 157 cm³/mol. The van der Waals surface area contributed by atoms with Crippen LogP contribution in [0.3, 0.4) is 0 Å². The van der Waals surface area contributed by atoms with E-state index in [1.165, 1.54) is 17.7 Å². The molecule has 2 aromatic heterocycles. The molecule has 0 bridgehead atoms. The van der Waals surface area contributed by atoms with Crippen molar-refractivity contribution in [3.8, 4) is 22.8 Å². The van der Waals surface area contributed by atoms with Crippen LogP contribution >= 0.6 is 28.1 Å². The Labute approximate surface area is 239 Å². The van der Waals surface area contributed by atoms with Gasteiger partial charge in [0.1, 0.15) is 34.9 Å². The van der Waals surface area contributed by atoms with Gasteiger partial charge in [0.15, 0.2) is 5.11 Å². The second-order valence-electron chi connectivity index (χ2n) is 9.23. The van der Waals surface area contributed by atoms with Crippen LogP contribution in [0.25, 0.3) is 11.3 Å². The van der Waals surface area contributed by atoms with Crippen molar-refractivity contribution in [3.63, 3.8) is 0 Å². The number of benzene rings is 3. The summed E-state index contributed by atoms with van der Waals surface area (Å²) in [5, 5.41) is 4.00. The Morgan fingerprint density at radius 2 is 1.69 bits per heavy atom. The van der Waals surface area contributed by atoms with Gasteiger partial charge in [0, 0.05) is 21.9 Å². The second kappa shape index (κ2) is 10.6. The lowest BCUT2D eigenvalue weighted by Crippen LogP contribution is -2.29. The Balaban J connectivity index is 1.35. The largest absolute Gasteiger partial charge is 0.459 e. The number of hydrogen-bond acceptors (Lipinski definition) is 4. The molecule has 0 aliphatic carbocycles. The summed E-state index contributed by atoms with van der Waals surface area (Å²) in [6.07, 6.45) is 1.76. The lowest BCUT2D eigenvalue weighted by atomic mass is 10.0. The minimum atomic E-state index is -0.320. The van der Waals surface area contributed by atoms with Crippen molar-refractivity contribution in [2.24, 2.45) is 0 Å². The van der Waals surface area contributed by atoms with Gasteiger partial charge in [-0.3, -0.25) is 4.98 Å². The van der Waals surface area contributed by atoms with Crippen LogP contribution in [0.4, 0.5) is 10.1 Å². The van der Waals surface area contributed by atoms with Gasteiger partial charge in [-0.1, -0.05) is 23.8 Å². The first kappa shape index (κ1) is 25.3. The zero-order valence-corrected chi connectivity index (χ0v) is 23.2. The van der Waals surface area contributed by atoms with Crippen LogP contribution in [-0.2, 0) is 0 Å². The first-order chi connectivity index (χ1) is 19.0. The maximum atomic E-state index is 13.7. The zero-order chi connectivity index (χ0) is 26.9. The maximum absolute atomic E-state index is 13.7. The summed E-state index contributed by atoms with van der Waals surface area (Å²) in [6, 6.07) is 29.3. The summed E-state index contributed by atoms with van der Waals surface area (Å²) in [6.45, 7) is 2.04. The molecule has 39 heavy (non-hydrogen) atoms. The van der Waals surface area contributed by atoms with Crippen molar-refractivity contribution in [1.29, 1.82) is 0 Å². The molecular weight excluding hydrogens is 577 g/mol. The molecule has 194 valence electrons. The number of ether oxygens (including phenoxy) is 1. The molecule has 1 fully saturated rings. The average Bonchev–Trinajstić information content (AvgIpc) is 3.55. The quantitative estimate of drug-likeness (QED) is 0.197. The highest BCUT2D eigenvalue weighted by Crippen LogP contribution is 2.44. The van der Waals surface area contributed by atoms with E-state index in [1.807, 2.05) is 90.7 Å². The monoisotopic (exact) mass is 599 g/mol. The summed E-state index contributed by atoms with van der Waals surface area (Å²) in [7, 11) is 0. The van der Waals surface area contributed by atoms with Crippen LogP contribution in [0.1, 0.15) is 29.1 Å². The Bertz CT molecular complexity index is 1620. The molecule has 1 aliphatic rings. The molecule has 5 nitrogen and oxygen atoms in total. The summed E-state index contributed by atoms with van der Waals surface area (Å²) in [5.41, 5.74) is 3.66. The molecule has 5 aromatic rings. The van der Waals surface area contributed by atoms with Gasteiger partial charge in [-0.25, -0.2) is 4.39 Å². The van der Waals surface area contributed by atoms with Crippen molar-refractivity contribution in [1.82, 2.24) is 10.3 Å².